The number of aryl methyl sites for hydroxylation is 1. The van der Waals surface area contributed by atoms with Crippen LogP contribution in [0.1, 0.15) is 33.6 Å². The van der Waals surface area contributed by atoms with Crippen LogP contribution in [0, 0.1) is 0 Å². The van der Waals surface area contributed by atoms with Crippen molar-refractivity contribution in [1.82, 2.24) is 15.6 Å². The number of fused-ring (bicyclic) bond motifs is 3. The second-order valence-corrected chi connectivity index (χ2v) is 8.43. The third-order valence-corrected chi connectivity index (χ3v) is 6.05. The summed E-state index contributed by atoms with van der Waals surface area (Å²) in [5.74, 6) is -0.308. The Hall–Kier alpha value is -3.24. The first kappa shape index (κ1) is 23.9. The SMILES string of the molecule is O=C(Nc1ccc(Cl)c(C(F)(F)F)c1)NC1CCc2[nH]c3cccc(C(=O)NCCO)c3c2C1. The molecule has 11 heteroatoms. The van der Waals surface area contributed by atoms with E-state index >= 15 is 0 Å². The third-order valence-electron chi connectivity index (χ3n) is 5.72. The molecule has 0 aliphatic heterocycles. The van der Waals surface area contributed by atoms with Crippen LogP contribution in [0.4, 0.5) is 23.7 Å². The Bertz CT molecular complexity index is 1240. The molecule has 0 saturated heterocycles. The molecule has 0 bridgehead atoms. The minimum absolute atomic E-state index is 0.0272. The molecule has 3 amide bonds. The summed E-state index contributed by atoms with van der Waals surface area (Å²) in [6, 6.07) is 7.59. The number of aliphatic hydroxyl groups is 1. The van der Waals surface area contributed by atoms with Crippen molar-refractivity contribution < 1.29 is 27.9 Å². The van der Waals surface area contributed by atoms with E-state index in [0.717, 1.165) is 34.3 Å². The van der Waals surface area contributed by atoms with E-state index in [4.69, 9.17) is 16.7 Å². The number of amides is 3. The van der Waals surface area contributed by atoms with Crippen molar-refractivity contribution in [2.75, 3.05) is 18.5 Å². The number of carbonyl (C=O) groups excluding carboxylic acids is 2. The molecule has 180 valence electrons. The van der Waals surface area contributed by atoms with Gasteiger partial charge in [-0.05, 0) is 55.2 Å². The first-order valence-electron chi connectivity index (χ1n) is 10.6. The maximum atomic E-state index is 13.1. The molecule has 2 aromatic carbocycles. The van der Waals surface area contributed by atoms with E-state index in [1.54, 1.807) is 12.1 Å². The number of halogens is 4. The molecule has 34 heavy (non-hydrogen) atoms. The van der Waals surface area contributed by atoms with Gasteiger partial charge in [-0.15, -0.1) is 0 Å². The molecule has 3 aromatic rings. The zero-order chi connectivity index (χ0) is 24.5. The maximum Gasteiger partial charge on any atom is 0.417 e. The fourth-order valence-electron chi connectivity index (χ4n) is 4.23. The molecular formula is C23H22ClF3N4O3. The van der Waals surface area contributed by atoms with Gasteiger partial charge in [-0.2, -0.15) is 13.2 Å². The molecule has 0 radical (unpaired) electrons. The van der Waals surface area contributed by atoms with Crippen LogP contribution < -0.4 is 16.0 Å². The van der Waals surface area contributed by atoms with Gasteiger partial charge in [0.15, 0.2) is 0 Å². The van der Waals surface area contributed by atoms with Crippen LogP contribution in [0.25, 0.3) is 10.9 Å². The van der Waals surface area contributed by atoms with Crippen LogP contribution in [-0.4, -0.2) is 41.2 Å². The average Bonchev–Trinajstić information content (AvgIpc) is 3.16. The van der Waals surface area contributed by atoms with Gasteiger partial charge < -0.3 is 26.0 Å². The third kappa shape index (κ3) is 4.97. The highest BCUT2D eigenvalue weighted by atomic mass is 35.5. The molecule has 1 atom stereocenters. The van der Waals surface area contributed by atoms with Gasteiger partial charge in [-0.1, -0.05) is 17.7 Å². The average molecular weight is 495 g/mol. The number of rotatable bonds is 5. The summed E-state index contributed by atoms with van der Waals surface area (Å²) in [5, 5.41) is 17.2. The van der Waals surface area contributed by atoms with E-state index in [-0.39, 0.29) is 30.8 Å². The molecule has 1 aromatic heterocycles. The second-order valence-electron chi connectivity index (χ2n) is 8.02. The van der Waals surface area contributed by atoms with E-state index in [1.807, 2.05) is 6.07 Å². The highest BCUT2D eigenvalue weighted by Gasteiger charge is 2.33. The number of hydrogen-bond acceptors (Lipinski definition) is 3. The van der Waals surface area contributed by atoms with Gasteiger partial charge in [0.05, 0.1) is 17.2 Å². The largest absolute Gasteiger partial charge is 0.417 e. The number of hydrogen-bond donors (Lipinski definition) is 5. The van der Waals surface area contributed by atoms with Crippen molar-refractivity contribution in [2.45, 2.75) is 31.5 Å². The lowest BCUT2D eigenvalue weighted by molar-refractivity contribution is -0.137. The summed E-state index contributed by atoms with van der Waals surface area (Å²) in [5.41, 5.74) is 2.10. The summed E-state index contributed by atoms with van der Waals surface area (Å²) in [6.45, 7) is -0.0426. The van der Waals surface area contributed by atoms with Gasteiger partial charge in [0, 0.05) is 40.4 Å². The van der Waals surface area contributed by atoms with Crippen molar-refractivity contribution in [3.8, 4) is 0 Å². The predicted octanol–water partition coefficient (Wildman–Crippen LogP) is 4.24. The first-order valence-corrected chi connectivity index (χ1v) is 11.0. The molecule has 1 unspecified atom stereocenters. The minimum atomic E-state index is -4.64. The quantitative estimate of drug-likeness (QED) is 0.366. The van der Waals surface area contributed by atoms with Crippen LogP contribution in [0.15, 0.2) is 36.4 Å². The zero-order valence-electron chi connectivity index (χ0n) is 17.9. The Kier molecular flexibility index (Phi) is 6.72. The number of anilines is 1. The highest BCUT2D eigenvalue weighted by Crippen LogP contribution is 2.36. The monoisotopic (exact) mass is 494 g/mol. The highest BCUT2D eigenvalue weighted by molar-refractivity contribution is 6.31. The van der Waals surface area contributed by atoms with E-state index in [2.05, 4.69) is 20.9 Å². The maximum absolute atomic E-state index is 13.1. The molecule has 1 aliphatic carbocycles. The van der Waals surface area contributed by atoms with E-state index < -0.39 is 22.8 Å². The van der Waals surface area contributed by atoms with Crippen molar-refractivity contribution in [3.63, 3.8) is 0 Å². The molecule has 7 nitrogen and oxygen atoms in total. The number of aliphatic hydroxyl groups excluding tert-OH is 1. The van der Waals surface area contributed by atoms with Gasteiger partial charge in [0.2, 0.25) is 0 Å². The van der Waals surface area contributed by atoms with Gasteiger partial charge >= 0.3 is 12.2 Å². The summed E-state index contributed by atoms with van der Waals surface area (Å²) in [7, 11) is 0. The molecule has 1 heterocycles. The van der Waals surface area contributed by atoms with Crippen molar-refractivity contribution in [1.29, 1.82) is 0 Å². The van der Waals surface area contributed by atoms with E-state index in [9.17, 15) is 22.8 Å². The number of H-pyrrole nitrogens is 1. The number of nitrogens with one attached hydrogen (secondary N) is 4. The van der Waals surface area contributed by atoms with E-state index in [0.29, 0.717) is 24.8 Å². The Morgan fingerprint density at radius 2 is 2.00 bits per heavy atom. The smallest absolute Gasteiger partial charge is 0.395 e. The Morgan fingerprint density at radius 1 is 1.21 bits per heavy atom. The van der Waals surface area contributed by atoms with Crippen LogP contribution in [0.5, 0.6) is 0 Å². The van der Waals surface area contributed by atoms with Crippen LogP contribution in [0.3, 0.4) is 0 Å². The fourth-order valence-corrected chi connectivity index (χ4v) is 4.45. The lowest BCUT2D eigenvalue weighted by atomic mass is 9.90. The van der Waals surface area contributed by atoms with Gasteiger partial charge in [0.1, 0.15) is 0 Å². The number of carbonyl (C=O) groups is 2. The lowest BCUT2D eigenvalue weighted by Gasteiger charge is -2.24. The summed E-state index contributed by atoms with van der Waals surface area (Å²) in [6.07, 6.45) is -2.94. The van der Waals surface area contributed by atoms with Crippen LogP contribution in [0.2, 0.25) is 5.02 Å². The molecular weight excluding hydrogens is 473 g/mol. The Morgan fingerprint density at radius 3 is 2.74 bits per heavy atom. The first-order chi connectivity index (χ1) is 16.2. The number of benzene rings is 2. The lowest BCUT2D eigenvalue weighted by Crippen LogP contribution is -2.41. The molecule has 0 fully saturated rings. The van der Waals surface area contributed by atoms with Gasteiger partial charge in [-0.25, -0.2) is 4.79 Å². The standard InChI is InChI=1S/C23H22ClF3N4O3/c24-17-6-4-13(11-16(17)23(25,26)27)30-22(34)29-12-5-7-18-15(10-12)20-14(21(33)28-8-9-32)2-1-3-19(20)31-18/h1-4,6,11-12,31-32H,5,7-10H2,(H,28,33)(H2,29,30,34). The number of alkyl halides is 3. The van der Waals surface area contributed by atoms with Crippen molar-refractivity contribution >= 4 is 40.1 Å². The fraction of sp³-hybridized carbons (Fsp3) is 0.304. The number of urea groups is 1. The topological polar surface area (TPSA) is 106 Å². The zero-order valence-corrected chi connectivity index (χ0v) is 18.6. The Labute approximate surface area is 197 Å². The summed E-state index contributed by atoms with van der Waals surface area (Å²) < 4.78 is 39.2. The molecule has 0 saturated carbocycles. The number of aromatic amines is 1. The van der Waals surface area contributed by atoms with Crippen molar-refractivity contribution in [3.05, 3.63) is 63.8 Å². The molecule has 4 rings (SSSR count). The molecule has 5 N–H and O–H groups in total. The minimum Gasteiger partial charge on any atom is -0.395 e. The molecule has 1 aliphatic rings. The predicted molar refractivity (Wildman–Crippen MR) is 122 cm³/mol. The Balaban J connectivity index is 1.50. The van der Waals surface area contributed by atoms with Gasteiger partial charge in [0.25, 0.3) is 5.91 Å². The summed E-state index contributed by atoms with van der Waals surface area (Å²) >= 11 is 5.63. The summed E-state index contributed by atoms with van der Waals surface area (Å²) in [4.78, 5) is 28.4. The number of aromatic nitrogens is 1. The second kappa shape index (κ2) is 9.55. The molecule has 0 spiro atoms. The van der Waals surface area contributed by atoms with Gasteiger partial charge in [-0.3, -0.25) is 4.79 Å². The van der Waals surface area contributed by atoms with Crippen LogP contribution in [-0.2, 0) is 19.0 Å². The van der Waals surface area contributed by atoms with Crippen LogP contribution >= 0.6 is 11.6 Å². The van der Waals surface area contributed by atoms with Crippen molar-refractivity contribution in [2.24, 2.45) is 0 Å². The van der Waals surface area contributed by atoms with E-state index in [1.165, 1.54) is 6.07 Å². The normalized spacial score (nSPS) is 15.6.